The number of nitrogens with zero attached hydrogens (tertiary/aromatic N) is 2. The van der Waals surface area contributed by atoms with E-state index in [4.69, 9.17) is 4.74 Å². The van der Waals surface area contributed by atoms with Crippen LogP contribution < -0.4 is 10.1 Å². The number of methoxy groups -OCH3 is 1. The lowest BCUT2D eigenvalue weighted by molar-refractivity contribution is 0.415. The molecule has 0 bridgehead atoms. The summed E-state index contributed by atoms with van der Waals surface area (Å²) in [5.41, 5.74) is 3.26. The Morgan fingerprint density at radius 3 is 3.00 bits per heavy atom. The molecule has 1 N–H and O–H groups in total. The van der Waals surface area contributed by atoms with Crippen molar-refractivity contribution in [2.45, 2.75) is 18.9 Å². The zero-order valence-electron chi connectivity index (χ0n) is 11.7. The Kier molecular flexibility index (Phi) is 3.81. The van der Waals surface area contributed by atoms with Crippen molar-refractivity contribution in [3.05, 3.63) is 34.4 Å². The summed E-state index contributed by atoms with van der Waals surface area (Å²) in [5.74, 6) is 0.848. The van der Waals surface area contributed by atoms with Crippen molar-refractivity contribution in [1.29, 1.82) is 0 Å². The number of aromatic nitrogens is 2. The number of benzene rings is 1. The van der Waals surface area contributed by atoms with E-state index < -0.39 is 0 Å². The van der Waals surface area contributed by atoms with Crippen LogP contribution in [0.3, 0.4) is 0 Å². The maximum atomic E-state index is 5.29. The van der Waals surface area contributed by atoms with E-state index >= 15 is 0 Å². The first-order valence-electron chi connectivity index (χ1n) is 6.81. The lowest BCUT2D eigenvalue weighted by atomic mass is 10.1. The second kappa shape index (κ2) is 5.58. The van der Waals surface area contributed by atoms with E-state index in [9.17, 15) is 0 Å². The molecule has 3 rings (SSSR count). The van der Waals surface area contributed by atoms with Gasteiger partial charge in [0.2, 0.25) is 0 Å². The molecule has 1 aromatic heterocycles. The number of nitrogens with one attached hydrogen (secondary N) is 1. The van der Waals surface area contributed by atoms with Crippen molar-refractivity contribution in [1.82, 2.24) is 15.1 Å². The monoisotopic (exact) mass is 335 g/mol. The molecule has 1 aliphatic rings. The largest absolute Gasteiger partial charge is 0.497 e. The minimum absolute atomic E-state index is 0.390. The topological polar surface area (TPSA) is 39.1 Å². The highest BCUT2D eigenvalue weighted by Gasteiger charge is 2.25. The molecule has 1 unspecified atom stereocenters. The quantitative estimate of drug-likeness (QED) is 0.935. The number of halogens is 1. The highest BCUT2D eigenvalue weighted by atomic mass is 79.9. The number of ether oxygens (including phenoxy) is 1. The molecule has 0 radical (unpaired) electrons. The van der Waals surface area contributed by atoms with Gasteiger partial charge in [-0.2, -0.15) is 5.10 Å². The molecule has 5 heteroatoms. The second-order valence-corrected chi connectivity index (χ2v) is 5.85. The molecule has 0 saturated carbocycles. The van der Waals surface area contributed by atoms with Crippen LogP contribution in [0.5, 0.6) is 5.75 Å². The summed E-state index contributed by atoms with van der Waals surface area (Å²) >= 11 is 3.73. The third-order valence-corrected chi connectivity index (χ3v) is 4.55. The Balaban J connectivity index is 2.03. The fourth-order valence-corrected chi connectivity index (χ4v) is 3.60. The van der Waals surface area contributed by atoms with E-state index in [1.165, 1.54) is 12.1 Å². The molecule has 1 aromatic carbocycles. The number of hydrogen-bond acceptors (Lipinski definition) is 3. The Labute approximate surface area is 127 Å². The van der Waals surface area contributed by atoms with Crippen LogP contribution in [-0.2, 0) is 7.05 Å². The molecule has 1 aliphatic heterocycles. The highest BCUT2D eigenvalue weighted by Crippen LogP contribution is 2.36. The molecule has 0 aliphatic carbocycles. The third-order valence-electron chi connectivity index (χ3n) is 3.76. The van der Waals surface area contributed by atoms with E-state index in [2.05, 4.69) is 32.4 Å². The average molecular weight is 336 g/mol. The van der Waals surface area contributed by atoms with Gasteiger partial charge in [-0.25, -0.2) is 0 Å². The van der Waals surface area contributed by atoms with Gasteiger partial charge in [0.05, 0.1) is 23.3 Å². The van der Waals surface area contributed by atoms with Crippen LogP contribution in [0, 0.1) is 0 Å². The van der Waals surface area contributed by atoms with Crippen LogP contribution in [-0.4, -0.2) is 23.4 Å². The maximum absolute atomic E-state index is 5.29. The Morgan fingerprint density at radius 2 is 2.30 bits per heavy atom. The van der Waals surface area contributed by atoms with Crippen molar-refractivity contribution in [2.75, 3.05) is 13.7 Å². The minimum atomic E-state index is 0.390. The van der Waals surface area contributed by atoms with Gasteiger partial charge >= 0.3 is 0 Å². The molecule has 1 fully saturated rings. The summed E-state index contributed by atoms with van der Waals surface area (Å²) in [6.07, 6.45) is 2.38. The first kappa shape index (κ1) is 13.6. The lowest BCUT2D eigenvalue weighted by Crippen LogP contribution is -2.16. The Hall–Kier alpha value is -1.33. The standard InChI is InChI=1S/C15H18BrN3O/c1-19-15(12-7-4-8-17-12)13(16)14(18-19)10-5-3-6-11(9-10)20-2/h3,5-6,9,12,17H,4,7-8H2,1-2H3. The molecule has 2 aromatic rings. The van der Waals surface area contributed by atoms with E-state index in [-0.39, 0.29) is 0 Å². The summed E-state index contributed by atoms with van der Waals surface area (Å²) in [7, 11) is 3.68. The average Bonchev–Trinajstić information content (AvgIpc) is 3.07. The molecule has 1 atom stereocenters. The predicted molar refractivity (Wildman–Crippen MR) is 82.9 cm³/mol. The van der Waals surface area contributed by atoms with Crippen molar-refractivity contribution in [3.63, 3.8) is 0 Å². The van der Waals surface area contributed by atoms with Gasteiger partial charge in [0.1, 0.15) is 11.4 Å². The van der Waals surface area contributed by atoms with E-state index in [0.29, 0.717) is 6.04 Å². The van der Waals surface area contributed by atoms with Gasteiger partial charge in [-0.1, -0.05) is 12.1 Å². The van der Waals surface area contributed by atoms with Gasteiger partial charge in [0.25, 0.3) is 0 Å². The minimum Gasteiger partial charge on any atom is -0.497 e. The summed E-state index contributed by atoms with van der Waals surface area (Å²) in [4.78, 5) is 0. The zero-order valence-corrected chi connectivity index (χ0v) is 13.3. The van der Waals surface area contributed by atoms with Crippen LogP contribution in [0.15, 0.2) is 28.7 Å². The molecule has 4 nitrogen and oxygen atoms in total. The first-order chi connectivity index (χ1) is 9.70. The van der Waals surface area contributed by atoms with Crippen molar-refractivity contribution >= 4 is 15.9 Å². The molecule has 0 spiro atoms. The number of rotatable bonds is 3. The van der Waals surface area contributed by atoms with Crippen molar-refractivity contribution < 1.29 is 4.74 Å². The SMILES string of the molecule is COc1cccc(-c2nn(C)c(C3CCCN3)c2Br)c1. The molecule has 0 amide bonds. The van der Waals surface area contributed by atoms with Gasteiger partial charge in [-0.3, -0.25) is 4.68 Å². The van der Waals surface area contributed by atoms with E-state index in [0.717, 1.165) is 34.4 Å². The zero-order chi connectivity index (χ0) is 14.1. The van der Waals surface area contributed by atoms with Gasteiger partial charge in [-0.05, 0) is 47.4 Å². The molecule has 2 heterocycles. The normalized spacial score (nSPS) is 18.4. The van der Waals surface area contributed by atoms with Crippen LogP contribution in [0.2, 0.25) is 0 Å². The Bertz CT molecular complexity index is 618. The predicted octanol–water partition coefficient (Wildman–Crippen LogP) is 3.28. The summed E-state index contributed by atoms with van der Waals surface area (Å²) in [5, 5.41) is 8.20. The number of aryl methyl sites for hydroxylation is 1. The van der Waals surface area contributed by atoms with E-state index in [1.54, 1.807) is 7.11 Å². The fraction of sp³-hybridized carbons (Fsp3) is 0.400. The molecule has 106 valence electrons. The summed E-state index contributed by atoms with van der Waals surface area (Å²) < 4.78 is 8.34. The number of hydrogen-bond donors (Lipinski definition) is 1. The van der Waals surface area contributed by atoms with Crippen molar-refractivity contribution in [2.24, 2.45) is 7.05 Å². The van der Waals surface area contributed by atoms with Crippen LogP contribution >= 0.6 is 15.9 Å². The molecular weight excluding hydrogens is 318 g/mol. The third kappa shape index (κ3) is 2.36. The molecular formula is C15H18BrN3O. The Morgan fingerprint density at radius 1 is 1.45 bits per heavy atom. The van der Waals surface area contributed by atoms with Gasteiger partial charge < -0.3 is 10.1 Å². The summed E-state index contributed by atoms with van der Waals surface area (Å²) in [6, 6.07) is 8.39. The van der Waals surface area contributed by atoms with Gasteiger partial charge in [0.15, 0.2) is 0 Å². The van der Waals surface area contributed by atoms with Gasteiger partial charge in [-0.15, -0.1) is 0 Å². The molecule has 1 saturated heterocycles. The smallest absolute Gasteiger partial charge is 0.119 e. The second-order valence-electron chi connectivity index (χ2n) is 5.05. The van der Waals surface area contributed by atoms with Crippen LogP contribution in [0.4, 0.5) is 0 Å². The fourth-order valence-electron chi connectivity index (χ4n) is 2.76. The van der Waals surface area contributed by atoms with Gasteiger partial charge in [0, 0.05) is 12.6 Å². The van der Waals surface area contributed by atoms with Crippen LogP contribution in [0.1, 0.15) is 24.6 Å². The van der Waals surface area contributed by atoms with Crippen molar-refractivity contribution in [3.8, 4) is 17.0 Å². The lowest BCUT2D eigenvalue weighted by Gasteiger charge is -2.11. The molecule has 20 heavy (non-hydrogen) atoms. The maximum Gasteiger partial charge on any atom is 0.119 e. The van der Waals surface area contributed by atoms with E-state index in [1.807, 2.05) is 29.9 Å². The highest BCUT2D eigenvalue weighted by molar-refractivity contribution is 9.10. The first-order valence-corrected chi connectivity index (χ1v) is 7.60. The van der Waals surface area contributed by atoms with Crippen LogP contribution in [0.25, 0.3) is 11.3 Å². The summed E-state index contributed by atoms with van der Waals surface area (Å²) in [6.45, 7) is 1.08.